The molecule has 1 amide bonds. The van der Waals surface area contributed by atoms with Crippen LogP contribution in [0.5, 0.6) is 5.75 Å². The summed E-state index contributed by atoms with van der Waals surface area (Å²) in [4.78, 5) is 27.9. The van der Waals surface area contributed by atoms with Crippen LogP contribution < -0.4 is 4.74 Å². The van der Waals surface area contributed by atoms with Crippen LogP contribution in [-0.4, -0.2) is 31.5 Å². The minimum atomic E-state index is -0.795. The smallest absolute Gasteiger partial charge is 0.434 e. The number of esters is 1. The average Bonchev–Trinajstić information content (AvgIpc) is 2.73. The number of carbonyl (C=O) groups excluding carboxylic acids is 2. The summed E-state index contributed by atoms with van der Waals surface area (Å²) in [6.07, 6.45) is 0.916. The number of aliphatic imine (C=N–C) groups is 1. The van der Waals surface area contributed by atoms with Crippen LogP contribution in [-0.2, 0) is 27.3 Å². The fraction of sp³-hybridized carbons (Fsp3) is 0.318. The van der Waals surface area contributed by atoms with E-state index in [2.05, 4.69) is 4.99 Å². The molecule has 2 aromatic carbocycles. The van der Waals surface area contributed by atoms with E-state index < -0.39 is 12.1 Å². The number of benzene rings is 2. The van der Waals surface area contributed by atoms with Crippen LogP contribution in [0.2, 0.25) is 0 Å². The lowest BCUT2D eigenvalue weighted by Crippen LogP contribution is -2.20. The van der Waals surface area contributed by atoms with Crippen molar-refractivity contribution >= 4 is 17.8 Å². The Morgan fingerprint density at radius 1 is 0.929 bits per heavy atom. The van der Waals surface area contributed by atoms with E-state index in [1.165, 1.54) is 0 Å². The monoisotopic (exact) mass is 383 g/mol. The summed E-state index contributed by atoms with van der Waals surface area (Å²) in [6, 6.07) is 17.0. The lowest BCUT2D eigenvalue weighted by atomic mass is 10.1. The third-order valence-corrected chi connectivity index (χ3v) is 3.98. The second-order valence-corrected chi connectivity index (χ2v) is 6.02. The molecule has 0 aliphatic rings. The maximum atomic E-state index is 12.1. The fourth-order valence-corrected chi connectivity index (χ4v) is 2.53. The molecule has 0 fully saturated rings. The van der Waals surface area contributed by atoms with Gasteiger partial charge in [0.15, 0.2) is 0 Å². The summed E-state index contributed by atoms with van der Waals surface area (Å²) in [7, 11) is 1.62. The molecule has 0 N–H and O–H groups in total. The molecule has 0 unspecified atom stereocenters. The van der Waals surface area contributed by atoms with Gasteiger partial charge in [-0.25, -0.2) is 9.59 Å². The van der Waals surface area contributed by atoms with Crippen molar-refractivity contribution in [3.05, 3.63) is 65.7 Å². The zero-order valence-corrected chi connectivity index (χ0v) is 16.2. The molecule has 148 valence electrons. The minimum Gasteiger partial charge on any atom is -0.497 e. The van der Waals surface area contributed by atoms with Gasteiger partial charge in [-0.2, -0.15) is 4.99 Å². The number of methoxy groups -OCH3 is 1. The Bertz CT molecular complexity index is 784. The molecule has 0 aromatic heterocycles. The molecule has 0 atom stereocenters. The predicted molar refractivity (Wildman–Crippen MR) is 107 cm³/mol. The van der Waals surface area contributed by atoms with E-state index in [-0.39, 0.29) is 18.9 Å². The van der Waals surface area contributed by atoms with Crippen molar-refractivity contribution in [3.8, 4) is 5.75 Å². The zero-order chi connectivity index (χ0) is 20.2. The number of aryl methyl sites for hydroxylation is 1. The minimum absolute atomic E-state index is 0.0772. The van der Waals surface area contributed by atoms with Crippen molar-refractivity contribution < 1.29 is 23.8 Å². The van der Waals surface area contributed by atoms with Gasteiger partial charge in [-0.1, -0.05) is 42.5 Å². The normalized spacial score (nSPS) is 11.0. The van der Waals surface area contributed by atoms with Gasteiger partial charge in [0.2, 0.25) is 0 Å². The number of rotatable bonds is 9. The summed E-state index contributed by atoms with van der Waals surface area (Å²) in [5.74, 6) is 0.201. The maximum absolute atomic E-state index is 12.1. The molecule has 0 bridgehead atoms. The molecule has 0 heterocycles. The molecular weight excluding hydrogens is 358 g/mol. The zero-order valence-electron chi connectivity index (χ0n) is 16.2. The van der Waals surface area contributed by atoms with Gasteiger partial charge in [-0.15, -0.1) is 0 Å². The van der Waals surface area contributed by atoms with Crippen molar-refractivity contribution in [1.82, 2.24) is 0 Å². The van der Waals surface area contributed by atoms with Crippen LogP contribution >= 0.6 is 0 Å². The standard InChI is InChI=1S/C22H25NO5/c1-3-27-21(24)20(11-7-10-17-12-14-19(26-2)15-13-17)23-22(25)28-16-18-8-5-4-6-9-18/h4-6,8-9,12-15H,3,7,10-11,16H2,1-2H3. The molecule has 28 heavy (non-hydrogen) atoms. The summed E-state index contributed by atoms with van der Waals surface area (Å²) in [6.45, 7) is 2.03. The van der Waals surface area contributed by atoms with Gasteiger partial charge in [0.05, 0.1) is 13.7 Å². The number of ether oxygens (including phenoxy) is 3. The van der Waals surface area contributed by atoms with Crippen LogP contribution in [0.1, 0.15) is 30.9 Å². The van der Waals surface area contributed by atoms with Crippen LogP contribution in [0.4, 0.5) is 4.79 Å². The first-order valence-electron chi connectivity index (χ1n) is 9.20. The van der Waals surface area contributed by atoms with Crippen molar-refractivity contribution in [3.63, 3.8) is 0 Å². The molecule has 6 heteroatoms. The Kier molecular flexibility index (Phi) is 8.72. The highest BCUT2D eigenvalue weighted by Crippen LogP contribution is 2.14. The molecule has 0 spiro atoms. The van der Waals surface area contributed by atoms with E-state index in [4.69, 9.17) is 14.2 Å². The first-order valence-corrected chi connectivity index (χ1v) is 9.20. The van der Waals surface area contributed by atoms with Crippen molar-refractivity contribution in [2.75, 3.05) is 13.7 Å². The molecule has 2 aromatic rings. The highest BCUT2D eigenvalue weighted by atomic mass is 16.5. The Hall–Kier alpha value is -3.15. The quantitative estimate of drug-likeness (QED) is 0.475. The van der Waals surface area contributed by atoms with E-state index in [9.17, 15) is 9.59 Å². The lowest BCUT2D eigenvalue weighted by molar-refractivity contribution is -0.135. The molecule has 0 aliphatic heterocycles. The Balaban J connectivity index is 1.92. The van der Waals surface area contributed by atoms with E-state index in [0.29, 0.717) is 12.8 Å². The van der Waals surface area contributed by atoms with Gasteiger partial charge < -0.3 is 14.2 Å². The summed E-state index contributed by atoms with van der Waals surface area (Å²) < 4.78 is 15.3. The average molecular weight is 383 g/mol. The van der Waals surface area contributed by atoms with Crippen molar-refractivity contribution in [1.29, 1.82) is 0 Å². The first-order chi connectivity index (χ1) is 13.6. The van der Waals surface area contributed by atoms with Crippen molar-refractivity contribution in [2.24, 2.45) is 4.99 Å². The van der Waals surface area contributed by atoms with E-state index >= 15 is 0 Å². The van der Waals surface area contributed by atoms with Gasteiger partial charge in [0.1, 0.15) is 18.1 Å². The van der Waals surface area contributed by atoms with Gasteiger partial charge in [-0.05, 0) is 49.4 Å². The van der Waals surface area contributed by atoms with Gasteiger partial charge >= 0.3 is 12.1 Å². The molecular formula is C22H25NO5. The Morgan fingerprint density at radius 3 is 2.29 bits per heavy atom. The number of nitrogens with zero attached hydrogens (tertiary/aromatic N) is 1. The highest BCUT2D eigenvalue weighted by molar-refractivity contribution is 6.37. The van der Waals surface area contributed by atoms with Crippen LogP contribution in [0, 0.1) is 0 Å². The number of hydrogen-bond acceptors (Lipinski definition) is 5. The third-order valence-electron chi connectivity index (χ3n) is 3.98. The van der Waals surface area contributed by atoms with E-state index in [0.717, 1.165) is 23.3 Å². The Labute approximate surface area is 165 Å². The third kappa shape index (κ3) is 7.23. The largest absolute Gasteiger partial charge is 0.497 e. The molecule has 6 nitrogen and oxygen atoms in total. The second-order valence-electron chi connectivity index (χ2n) is 6.02. The van der Waals surface area contributed by atoms with Crippen LogP contribution in [0.25, 0.3) is 0 Å². The lowest BCUT2D eigenvalue weighted by Gasteiger charge is -2.07. The van der Waals surface area contributed by atoms with E-state index in [1.54, 1.807) is 14.0 Å². The van der Waals surface area contributed by atoms with Crippen LogP contribution in [0.3, 0.4) is 0 Å². The molecule has 0 saturated heterocycles. The fourth-order valence-electron chi connectivity index (χ4n) is 2.53. The number of hydrogen-bond donors (Lipinski definition) is 0. The summed E-state index contributed by atoms with van der Waals surface area (Å²) in [5.41, 5.74) is 2.03. The summed E-state index contributed by atoms with van der Waals surface area (Å²) >= 11 is 0. The van der Waals surface area contributed by atoms with Crippen molar-refractivity contribution in [2.45, 2.75) is 32.8 Å². The summed E-state index contributed by atoms with van der Waals surface area (Å²) in [5, 5.41) is 0. The van der Waals surface area contributed by atoms with Gasteiger partial charge in [0, 0.05) is 0 Å². The molecule has 0 radical (unpaired) electrons. The first kappa shape index (κ1) is 21.2. The van der Waals surface area contributed by atoms with Gasteiger partial charge in [0.25, 0.3) is 0 Å². The highest BCUT2D eigenvalue weighted by Gasteiger charge is 2.15. The SMILES string of the molecule is CCOC(=O)C(CCCc1ccc(OC)cc1)=NC(=O)OCc1ccccc1. The van der Waals surface area contributed by atoms with Crippen LogP contribution in [0.15, 0.2) is 59.6 Å². The molecule has 0 saturated carbocycles. The van der Waals surface area contributed by atoms with Gasteiger partial charge in [-0.3, -0.25) is 0 Å². The maximum Gasteiger partial charge on any atom is 0.434 e. The number of carbonyl (C=O) groups is 2. The molecule has 0 aliphatic carbocycles. The number of amides is 1. The van der Waals surface area contributed by atoms with E-state index in [1.807, 2.05) is 54.6 Å². The Morgan fingerprint density at radius 2 is 1.64 bits per heavy atom. The second kappa shape index (κ2) is 11.5. The topological polar surface area (TPSA) is 74.2 Å². The molecule has 2 rings (SSSR count). The predicted octanol–water partition coefficient (Wildman–Crippen LogP) is 4.36.